The van der Waals surface area contributed by atoms with Gasteiger partial charge >= 0.3 is 0 Å². The summed E-state index contributed by atoms with van der Waals surface area (Å²) in [5.74, 6) is -0.914. The van der Waals surface area contributed by atoms with Crippen molar-refractivity contribution < 1.29 is 17.6 Å². The number of sulfonamides is 1. The van der Waals surface area contributed by atoms with Crippen LogP contribution >= 0.6 is 0 Å². The SMILES string of the molecule is C=CCN(c1ccccc1)S(=O)(=O)c1cccc(C(=O)Nc2ccc(F)cc2)c1. The summed E-state index contributed by atoms with van der Waals surface area (Å²) in [7, 11) is -3.92. The normalized spacial score (nSPS) is 10.9. The van der Waals surface area contributed by atoms with E-state index in [9.17, 15) is 17.6 Å². The number of halogens is 1. The molecule has 5 nitrogen and oxygen atoms in total. The first kappa shape index (κ1) is 20.3. The van der Waals surface area contributed by atoms with Gasteiger partial charge in [-0.25, -0.2) is 12.8 Å². The summed E-state index contributed by atoms with van der Waals surface area (Å²) in [5, 5.41) is 2.62. The largest absolute Gasteiger partial charge is 0.322 e. The Balaban J connectivity index is 1.91. The Kier molecular flexibility index (Phi) is 6.09. The van der Waals surface area contributed by atoms with E-state index in [0.717, 1.165) is 0 Å². The van der Waals surface area contributed by atoms with E-state index in [0.29, 0.717) is 11.4 Å². The molecule has 0 atom stereocenters. The van der Waals surface area contributed by atoms with Crippen LogP contribution in [0.2, 0.25) is 0 Å². The molecule has 3 rings (SSSR count). The lowest BCUT2D eigenvalue weighted by atomic mass is 10.2. The van der Waals surface area contributed by atoms with Gasteiger partial charge in [0.25, 0.3) is 15.9 Å². The Morgan fingerprint density at radius 2 is 1.69 bits per heavy atom. The molecular formula is C22H19FN2O3S. The van der Waals surface area contributed by atoms with Gasteiger partial charge in [-0.2, -0.15) is 0 Å². The van der Waals surface area contributed by atoms with Gasteiger partial charge in [0.1, 0.15) is 5.82 Å². The highest BCUT2D eigenvalue weighted by Crippen LogP contribution is 2.24. The monoisotopic (exact) mass is 410 g/mol. The molecule has 0 unspecified atom stereocenters. The average Bonchev–Trinajstić information content (AvgIpc) is 2.74. The maximum absolute atomic E-state index is 13.2. The first-order chi connectivity index (χ1) is 13.9. The topological polar surface area (TPSA) is 66.5 Å². The van der Waals surface area contributed by atoms with Gasteiger partial charge in [0.15, 0.2) is 0 Å². The maximum Gasteiger partial charge on any atom is 0.264 e. The fourth-order valence-corrected chi connectivity index (χ4v) is 4.20. The number of nitrogens with zero attached hydrogens (tertiary/aromatic N) is 1. The summed E-state index contributed by atoms with van der Waals surface area (Å²) < 4.78 is 40.6. The highest BCUT2D eigenvalue weighted by atomic mass is 32.2. The number of para-hydroxylation sites is 1. The highest BCUT2D eigenvalue weighted by Gasteiger charge is 2.24. The molecule has 0 spiro atoms. The van der Waals surface area contributed by atoms with E-state index >= 15 is 0 Å². The van der Waals surface area contributed by atoms with Crippen molar-refractivity contribution in [3.8, 4) is 0 Å². The molecule has 0 aliphatic carbocycles. The molecule has 0 aliphatic heterocycles. The standard InChI is InChI=1S/C22H19FN2O3S/c1-2-15-25(20-8-4-3-5-9-20)29(27,28)21-10-6-7-17(16-21)22(26)24-19-13-11-18(23)12-14-19/h2-14,16H,1,15H2,(H,24,26). The van der Waals surface area contributed by atoms with Crippen molar-refractivity contribution in [1.82, 2.24) is 0 Å². The van der Waals surface area contributed by atoms with Crippen molar-refractivity contribution in [2.24, 2.45) is 0 Å². The quantitative estimate of drug-likeness (QED) is 0.585. The van der Waals surface area contributed by atoms with Crippen LogP contribution in [0.25, 0.3) is 0 Å². The number of benzene rings is 3. The molecule has 148 valence electrons. The summed E-state index contributed by atoms with van der Waals surface area (Å²) in [5.41, 5.74) is 1.07. The molecule has 0 aromatic heterocycles. The number of carbonyl (C=O) groups excluding carboxylic acids is 1. The number of carbonyl (C=O) groups is 1. The second-order valence-electron chi connectivity index (χ2n) is 6.15. The van der Waals surface area contributed by atoms with Crippen LogP contribution in [0.1, 0.15) is 10.4 Å². The molecule has 0 fully saturated rings. The minimum atomic E-state index is -3.92. The van der Waals surface area contributed by atoms with Gasteiger partial charge in [0.2, 0.25) is 0 Å². The Labute approximate surface area is 169 Å². The van der Waals surface area contributed by atoms with Gasteiger partial charge < -0.3 is 5.32 Å². The van der Waals surface area contributed by atoms with Crippen molar-refractivity contribution in [3.05, 3.63) is 103 Å². The van der Waals surface area contributed by atoms with E-state index in [-0.39, 0.29) is 17.0 Å². The van der Waals surface area contributed by atoms with Gasteiger partial charge in [-0.3, -0.25) is 9.10 Å². The molecule has 0 saturated carbocycles. The Bertz CT molecular complexity index is 1110. The van der Waals surface area contributed by atoms with Gasteiger partial charge in [-0.1, -0.05) is 30.3 Å². The lowest BCUT2D eigenvalue weighted by Gasteiger charge is -2.23. The van der Waals surface area contributed by atoms with Gasteiger partial charge in [0, 0.05) is 11.3 Å². The van der Waals surface area contributed by atoms with E-state index in [2.05, 4.69) is 11.9 Å². The smallest absolute Gasteiger partial charge is 0.264 e. The van der Waals surface area contributed by atoms with Crippen molar-refractivity contribution in [3.63, 3.8) is 0 Å². The molecular weight excluding hydrogens is 391 g/mol. The first-order valence-electron chi connectivity index (χ1n) is 8.77. The number of anilines is 2. The van der Waals surface area contributed by atoms with Crippen LogP contribution in [-0.2, 0) is 10.0 Å². The summed E-state index contributed by atoms with van der Waals surface area (Å²) in [6, 6.07) is 19.7. The zero-order valence-electron chi connectivity index (χ0n) is 15.5. The number of rotatable bonds is 7. The number of hydrogen-bond donors (Lipinski definition) is 1. The van der Waals surface area contributed by atoms with Gasteiger partial charge in [-0.15, -0.1) is 6.58 Å². The van der Waals surface area contributed by atoms with Crippen LogP contribution in [0.3, 0.4) is 0 Å². The molecule has 0 aliphatic rings. The molecule has 3 aromatic rings. The Hall–Kier alpha value is -3.45. The minimum Gasteiger partial charge on any atom is -0.322 e. The zero-order valence-corrected chi connectivity index (χ0v) is 16.3. The first-order valence-corrected chi connectivity index (χ1v) is 10.2. The number of nitrogens with one attached hydrogen (secondary N) is 1. The predicted molar refractivity (Wildman–Crippen MR) is 112 cm³/mol. The maximum atomic E-state index is 13.2. The lowest BCUT2D eigenvalue weighted by Crippen LogP contribution is -2.31. The molecule has 0 heterocycles. The second-order valence-corrected chi connectivity index (χ2v) is 8.01. The molecule has 7 heteroatoms. The third-order valence-corrected chi connectivity index (χ3v) is 5.92. The zero-order chi connectivity index (χ0) is 20.9. The van der Waals surface area contributed by atoms with E-state index in [1.165, 1.54) is 58.9 Å². The fourth-order valence-electron chi connectivity index (χ4n) is 2.72. The Morgan fingerprint density at radius 3 is 2.34 bits per heavy atom. The van der Waals surface area contributed by atoms with Gasteiger partial charge in [0.05, 0.1) is 17.1 Å². The molecule has 1 N–H and O–H groups in total. The van der Waals surface area contributed by atoms with Crippen molar-refractivity contribution in [2.75, 3.05) is 16.2 Å². The molecule has 1 amide bonds. The molecule has 29 heavy (non-hydrogen) atoms. The molecule has 0 radical (unpaired) electrons. The van der Waals surface area contributed by atoms with Crippen molar-refractivity contribution in [2.45, 2.75) is 4.90 Å². The summed E-state index contributed by atoms with van der Waals surface area (Å²) >= 11 is 0. The molecule has 0 bridgehead atoms. The third-order valence-electron chi connectivity index (χ3n) is 4.13. The summed E-state index contributed by atoms with van der Waals surface area (Å²) in [4.78, 5) is 12.5. The lowest BCUT2D eigenvalue weighted by molar-refractivity contribution is 0.102. The van der Waals surface area contributed by atoms with Crippen LogP contribution in [0, 0.1) is 5.82 Å². The van der Waals surface area contributed by atoms with Gasteiger partial charge in [-0.05, 0) is 54.6 Å². The van der Waals surface area contributed by atoms with E-state index < -0.39 is 21.7 Å². The van der Waals surface area contributed by atoms with Crippen molar-refractivity contribution in [1.29, 1.82) is 0 Å². The van der Waals surface area contributed by atoms with Crippen LogP contribution in [0.4, 0.5) is 15.8 Å². The van der Waals surface area contributed by atoms with Crippen molar-refractivity contribution >= 4 is 27.3 Å². The molecule has 0 saturated heterocycles. The van der Waals surface area contributed by atoms with E-state index in [4.69, 9.17) is 0 Å². The number of hydrogen-bond acceptors (Lipinski definition) is 3. The summed E-state index contributed by atoms with van der Waals surface area (Å²) in [6.07, 6.45) is 1.50. The van der Waals surface area contributed by atoms with Crippen LogP contribution in [0.5, 0.6) is 0 Å². The van der Waals surface area contributed by atoms with Crippen LogP contribution < -0.4 is 9.62 Å². The van der Waals surface area contributed by atoms with E-state index in [1.807, 2.05) is 0 Å². The Morgan fingerprint density at radius 1 is 1.00 bits per heavy atom. The highest BCUT2D eigenvalue weighted by molar-refractivity contribution is 7.92. The fraction of sp³-hybridized carbons (Fsp3) is 0.0455. The third kappa shape index (κ3) is 4.70. The van der Waals surface area contributed by atoms with E-state index in [1.54, 1.807) is 30.3 Å². The van der Waals surface area contributed by atoms with Crippen LogP contribution in [0.15, 0.2) is 96.4 Å². The predicted octanol–water partition coefficient (Wildman–Crippen LogP) is 4.46. The second kappa shape index (κ2) is 8.70. The molecule has 3 aromatic carbocycles. The minimum absolute atomic E-state index is 0.0186. The number of amides is 1. The summed E-state index contributed by atoms with van der Waals surface area (Å²) in [6.45, 7) is 3.72. The van der Waals surface area contributed by atoms with Crippen LogP contribution in [-0.4, -0.2) is 20.9 Å². The average molecular weight is 410 g/mol.